The van der Waals surface area contributed by atoms with E-state index in [0.717, 1.165) is 38.4 Å². The van der Waals surface area contributed by atoms with Crippen LogP contribution in [0.4, 0.5) is 0 Å². The van der Waals surface area contributed by atoms with Gasteiger partial charge < -0.3 is 15.0 Å². The number of piperidine rings is 1. The summed E-state index contributed by atoms with van der Waals surface area (Å²) >= 11 is 0. The molecule has 162 valence electrons. The Morgan fingerprint density at radius 1 is 1.14 bits per heavy atom. The standard InChI is InChI=1S/C25H40N2O2/c1-3-29-20-25(14-13-22-7-5-4-6-8-22)15-17-27(18-16-25)19-23-9-11-24(12-10-23)26-21(2)28/h4-8,23-24H,3,9-20H2,1-2H3,(H,26,28). The summed E-state index contributed by atoms with van der Waals surface area (Å²) in [4.78, 5) is 14.0. The Kier molecular flexibility index (Phi) is 8.55. The van der Waals surface area contributed by atoms with Gasteiger partial charge in [-0.3, -0.25) is 4.79 Å². The summed E-state index contributed by atoms with van der Waals surface area (Å²) in [7, 11) is 0. The van der Waals surface area contributed by atoms with E-state index < -0.39 is 0 Å². The van der Waals surface area contributed by atoms with Gasteiger partial charge in [-0.15, -0.1) is 0 Å². The normalized spacial score (nSPS) is 24.9. The first kappa shape index (κ1) is 22.3. The molecule has 4 heteroatoms. The lowest BCUT2D eigenvalue weighted by Crippen LogP contribution is -2.45. The van der Waals surface area contributed by atoms with Crippen molar-refractivity contribution in [1.29, 1.82) is 0 Å². The number of carbonyl (C=O) groups excluding carboxylic acids is 1. The van der Waals surface area contributed by atoms with Crippen LogP contribution in [0.5, 0.6) is 0 Å². The maximum atomic E-state index is 11.3. The van der Waals surface area contributed by atoms with E-state index in [9.17, 15) is 4.79 Å². The summed E-state index contributed by atoms with van der Waals surface area (Å²) in [5, 5.41) is 3.10. The Balaban J connectivity index is 1.45. The van der Waals surface area contributed by atoms with Gasteiger partial charge in [0, 0.05) is 26.1 Å². The van der Waals surface area contributed by atoms with Crippen molar-refractivity contribution in [3.63, 3.8) is 0 Å². The van der Waals surface area contributed by atoms with Gasteiger partial charge in [-0.25, -0.2) is 0 Å². The minimum Gasteiger partial charge on any atom is -0.381 e. The summed E-state index contributed by atoms with van der Waals surface area (Å²) in [6.45, 7) is 9.10. The predicted octanol–water partition coefficient (Wildman–Crippen LogP) is 4.43. The number of ether oxygens (including phenoxy) is 1. The van der Waals surface area contributed by atoms with Crippen LogP contribution in [-0.2, 0) is 16.0 Å². The SMILES string of the molecule is CCOCC1(CCc2ccccc2)CCN(CC2CCC(NC(C)=O)CC2)CC1. The molecule has 2 fully saturated rings. The zero-order chi connectivity index (χ0) is 20.5. The van der Waals surface area contributed by atoms with Crippen molar-refractivity contribution < 1.29 is 9.53 Å². The molecule has 1 heterocycles. The van der Waals surface area contributed by atoms with Crippen molar-refractivity contribution >= 4 is 5.91 Å². The fourth-order valence-electron chi connectivity index (χ4n) is 5.19. The predicted molar refractivity (Wildman–Crippen MR) is 119 cm³/mol. The molecule has 29 heavy (non-hydrogen) atoms. The molecule has 1 saturated carbocycles. The number of nitrogens with zero attached hydrogens (tertiary/aromatic N) is 1. The van der Waals surface area contributed by atoms with E-state index in [1.807, 2.05) is 0 Å². The number of hydrogen-bond donors (Lipinski definition) is 1. The number of nitrogens with one attached hydrogen (secondary N) is 1. The van der Waals surface area contributed by atoms with Crippen LogP contribution in [0.25, 0.3) is 0 Å². The van der Waals surface area contributed by atoms with Crippen molar-refractivity contribution in [3.05, 3.63) is 35.9 Å². The monoisotopic (exact) mass is 400 g/mol. The number of aryl methyl sites for hydroxylation is 1. The molecule has 2 aliphatic rings. The fourth-order valence-corrected chi connectivity index (χ4v) is 5.19. The van der Waals surface area contributed by atoms with Crippen molar-refractivity contribution in [2.24, 2.45) is 11.3 Å². The van der Waals surface area contributed by atoms with Crippen molar-refractivity contribution in [3.8, 4) is 0 Å². The number of hydrogen-bond acceptors (Lipinski definition) is 3. The number of benzene rings is 1. The van der Waals surface area contributed by atoms with Gasteiger partial charge in [0.15, 0.2) is 0 Å². The van der Waals surface area contributed by atoms with Crippen LogP contribution in [-0.4, -0.2) is 49.7 Å². The highest BCUT2D eigenvalue weighted by atomic mass is 16.5. The molecule has 0 radical (unpaired) electrons. The summed E-state index contributed by atoms with van der Waals surface area (Å²) in [6.07, 6.45) is 9.67. The molecule has 1 amide bonds. The van der Waals surface area contributed by atoms with E-state index in [4.69, 9.17) is 4.74 Å². The molecule has 1 aromatic rings. The van der Waals surface area contributed by atoms with E-state index in [0.29, 0.717) is 11.5 Å². The van der Waals surface area contributed by atoms with E-state index in [-0.39, 0.29) is 5.91 Å². The summed E-state index contributed by atoms with van der Waals surface area (Å²) in [5.74, 6) is 0.911. The topological polar surface area (TPSA) is 41.6 Å². The van der Waals surface area contributed by atoms with Crippen LogP contribution in [0.2, 0.25) is 0 Å². The van der Waals surface area contributed by atoms with E-state index in [1.165, 1.54) is 57.3 Å². The molecule has 1 saturated heterocycles. The third-order valence-electron chi connectivity index (χ3n) is 7.09. The minimum absolute atomic E-state index is 0.116. The number of likely N-dealkylation sites (tertiary alicyclic amines) is 1. The Labute approximate surface area is 177 Å². The first-order chi connectivity index (χ1) is 14.1. The van der Waals surface area contributed by atoms with Crippen LogP contribution in [0.15, 0.2) is 30.3 Å². The quantitative estimate of drug-likeness (QED) is 0.667. The maximum absolute atomic E-state index is 11.3. The van der Waals surface area contributed by atoms with Crippen LogP contribution in [0, 0.1) is 11.3 Å². The maximum Gasteiger partial charge on any atom is 0.217 e. The third-order valence-corrected chi connectivity index (χ3v) is 7.09. The Morgan fingerprint density at radius 2 is 1.83 bits per heavy atom. The fraction of sp³-hybridized carbons (Fsp3) is 0.720. The second-order valence-electron chi connectivity index (χ2n) is 9.34. The second-order valence-corrected chi connectivity index (χ2v) is 9.34. The molecule has 0 spiro atoms. The third kappa shape index (κ3) is 7.11. The van der Waals surface area contributed by atoms with Gasteiger partial charge in [0.2, 0.25) is 5.91 Å². The van der Waals surface area contributed by atoms with E-state index >= 15 is 0 Å². The van der Waals surface area contributed by atoms with E-state index in [1.54, 1.807) is 6.92 Å². The highest BCUT2D eigenvalue weighted by molar-refractivity contribution is 5.73. The van der Waals surface area contributed by atoms with Crippen molar-refractivity contribution in [2.75, 3.05) is 32.8 Å². The smallest absolute Gasteiger partial charge is 0.217 e. The summed E-state index contributed by atoms with van der Waals surface area (Å²) in [5.41, 5.74) is 1.78. The van der Waals surface area contributed by atoms with Gasteiger partial charge in [0.05, 0.1) is 6.61 Å². The first-order valence-electron chi connectivity index (χ1n) is 11.7. The van der Waals surface area contributed by atoms with Crippen molar-refractivity contribution in [1.82, 2.24) is 10.2 Å². The van der Waals surface area contributed by atoms with Crippen LogP contribution in [0.3, 0.4) is 0 Å². The lowest BCUT2D eigenvalue weighted by molar-refractivity contribution is -0.119. The molecule has 0 aromatic heterocycles. The molecule has 0 unspecified atom stereocenters. The Morgan fingerprint density at radius 3 is 2.45 bits per heavy atom. The van der Waals surface area contributed by atoms with Gasteiger partial charge >= 0.3 is 0 Å². The van der Waals surface area contributed by atoms with Crippen LogP contribution < -0.4 is 5.32 Å². The average molecular weight is 401 g/mol. The molecular formula is C25H40N2O2. The zero-order valence-corrected chi connectivity index (χ0v) is 18.5. The Hall–Kier alpha value is -1.39. The molecule has 3 rings (SSSR count). The summed E-state index contributed by atoms with van der Waals surface area (Å²) in [6, 6.07) is 11.3. The van der Waals surface area contributed by atoms with Crippen LogP contribution >= 0.6 is 0 Å². The van der Waals surface area contributed by atoms with Gasteiger partial charge in [0.25, 0.3) is 0 Å². The molecule has 0 atom stereocenters. The van der Waals surface area contributed by atoms with Gasteiger partial charge in [-0.05, 0) is 88.3 Å². The lowest BCUT2D eigenvalue weighted by Gasteiger charge is -2.43. The molecule has 0 bridgehead atoms. The highest BCUT2D eigenvalue weighted by Gasteiger charge is 2.35. The van der Waals surface area contributed by atoms with Gasteiger partial charge in [0.1, 0.15) is 0 Å². The second kappa shape index (κ2) is 11.1. The molecule has 1 aromatic carbocycles. The number of rotatable bonds is 9. The average Bonchev–Trinajstić information content (AvgIpc) is 2.74. The molecule has 1 aliphatic heterocycles. The number of amides is 1. The molecule has 1 N–H and O–H groups in total. The molecular weight excluding hydrogens is 360 g/mol. The largest absolute Gasteiger partial charge is 0.381 e. The highest BCUT2D eigenvalue weighted by Crippen LogP contribution is 2.37. The molecule has 1 aliphatic carbocycles. The van der Waals surface area contributed by atoms with Gasteiger partial charge in [-0.2, -0.15) is 0 Å². The van der Waals surface area contributed by atoms with Crippen molar-refractivity contribution in [2.45, 2.75) is 71.3 Å². The van der Waals surface area contributed by atoms with E-state index in [2.05, 4.69) is 47.5 Å². The van der Waals surface area contributed by atoms with Crippen LogP contribution in [0.1, 0.15) is 64.4 Å². The lowest BCUT2D eigenvalue weighted by atomic mass is 9.74. The van der Waals surface area contributed by atoms with Gasteiger partial charge in [-0.1, -0.05) is 30.3 Å². The summed E-state index contributed by atoms with van der Waals surface area (Å²) < 4.78 is 5.94. The minimum atomic E-state index is 0.116. The Bertz CT molecular complexity index is 603. The zero-order valence-electron chi connectivity index (χ0n) is 18.5. The number of carbonyl (C=O) groups is 1. The molecule has 4 nitrogen and oxygen atoms in total. The first-order valence-corrected chi connectivity index (χ1v) is 11.7.